The van der Waals surface area contributed by atoms with Crippen LogP contribution < -0.4 is 10.6 Å². The van der Waals surface area contributed by atoms with Gasteiger partial charge < -0.3 is 10.6 Å². The van der Waals surface area contributed by atoms with Crippen LogP contribution in [0.5, 0.6) is 0 Å². The van der Waals surface area contributed by atoms with Crippen molar-refractivity contribution in [3.8, 4) is 11.3 Å². The largest absolute Gasteiger partial charge is 0.346 e. The Morgan fingerprint density at radius 2 is 2.23 bits per heavy atom. The minimum Gasteiger partial charge on any atom is -0.346 e. The minimum absolute atomic E-state index is 0. The number of aromatic nitrogens is 1. The molecular formula is C14H16Cl2FN3OS. The van der Waals surface area contributed by atoms with Crippen LogP contribution in [0.4, 0.5) is 4.39 Å². The molecule has 1 aromatic heterocycles. The van der Waals surface area contributed by atoms with Gasteiger partial charge in [-0.15, -0.1) is 23.7 Å². The lowest BCUT2D eigenvalue weighted by atomic mass is 10.2. The standard InChI is InChI=1S/C14H15ClFN3OS.ClH/c1-8(18-13(20)6-17-2)14-19-12(7-21-14)9-3-4-11(16)10(15)5-9;/h3-5,7-8,17H,6H2,1-2H3,(H,18,20);1H. The number of hydrogen-bond acceptors (Lipinski definition) is 4. The molecule has 1 aromatic carbocycles. The molecule has 22 heavy (non-hydrogen) atoms. The SMILES string of the molecule is CNCC(=O)NC(C)c1nc(-c2ccc(F)c(Cl)c2)cs1.Cl. The summed E-state index contributed by atoms with van der Waals surface area (Å²) in [4.78, 5) is 16.0. The lowest BCUT2D eigenvalue weighted by molar-refractivity contribution is -0.120. The summed E-state index contributed by atoms with van der Waals surface area (Å²) in [7, 11) is 1.71. The minimum atomic E-state index is -0.455. The molecule has 1 heterocycles. The molecule has 0 radical (unpaired) electrons. The van der Waals surface area contributed by atoms with Gasteiger partial charge in [0.15, 0.2) is 0 Å². The van der Waals surface area contributed by atoms with Crippen LogP contribution in [-0.4, -0.2) is 24.5 Å². The van der Waals surface area contributed by atoms with Gasteiger partial charge in [0.25, 0.3) is 0 Å². The first-order chi connectivity index (χ1) is 10.0. The molecule has 1 unspecified atom stereocenters. The lowest BCUT2D eigenvalue weighted by Gasteiger charge is -2.10. The predicted molar refractivity (Wildman–Crippen MR) is 90.3 cm³/mol. The summed E-state index contributed by atoms with van der Waals surface area (Å²) < 4.78 is 13.2. The Morgan fingerprint density at radius 3 is 2.86 bits per heavy atom. The van der Waals surface area contributed by atoms with Crippen LogP contribution in [-0.2, 0) is 4.79 Å². The maximum absolute atomic E-state index is 13.2. The summed E-state index contributed by atoms with van der Waals surface area (Å²) in [6, 6.07) is 4.31. The smallest absolute Gasteiger partial charge is 0.234 e. The average molecular weight is 364 g/mol. The third kappa shape index (κ3) is 4.64. The number of hydrogen-bond donors (Lipinski definition) is 2. The van der Waals surface area contributed by atoms with Crippen molar-refractivity contribution in [3.05, 3.63) is 39.4 Å². The van der Waals surface area contributed by atoms with Crippen molar-refractivity contribution in [1.82, 2.24) is 15.6 Å². The number of halogens is 3. The van der Waals surface area contributed by atoms with Crippen LogP contribution in [0.1, 0.15) is 18.0 Å². The van der Waals surface area contributed by atoms with E-state index in [1.807, 2.05) is 12.3 Å². The molecule has 2 aromatic rings. The van der Waals surface area contributed by atoms with Crippen molar-refractivity contribution in [1.29, 1.82) is 0 Å². The molecule has 0 aliphatic carbocycles. The van der Waals surface area contributed by atoms with E-state index in [2.05, 4.69) is 15.6 Å². The number of thiazole rings is 1. The fraction of sp³-hybridized carbons (Fsp3) is 0.286. The van der Waals surface area contributed by atoms with E-state index in [0.717, 1.165) is 10.6 Å². The summed E-state index contributed by atoms with van der Waals surface area (Å²) in [5.74, 6) is -0.546. The van der Waals surface area contributed by atoms with Gasteiger partial charge in [-0.05, 0) is 32.2 Å². The van der Waals surface area contributed by atoms with E-state index < -0.39 is 5.82 Å². The van der Waals surface area contributed by atoms with Gasteiger partial charge in [-0.2, -0.15) is 0 Å². The number of rotatable bonds is 5. The quantitative estimate of drug-likeness (QED) is 0.855. The summed E-state index contributed by atoms with van der Waals surface area (Å²) in [5.41, 5.74) is 1.46. The van der Waals surface area contributed by atoms with Crippen LogP contribution in [0, 0.1) is 5.82 Å². The average Bonchev–Trinajstić information content (AvgIpc) is 2.92. The van der Waals surface area contributed by atoms with Crippen LogP contribution in [0.2, 0.25) is 5.02 Å². The molecule has 2 rings (SSSR count). The highest BCUT2D eigenvalue weighted by molar-refractivity contribution is 7.10. The van der Waals surface area contributed by atoms with Gasteiger partial charge >= 0.3 is 0 Å². The first kappa shape index (κ1) is 18.8. The summed E-state index contributed by atoms with van der Waals surface area (Å²) in [6.07, 6.45) is 0. The number of nitrogens with one attached hydrogen (secondary N) is 2. The van der Waals surface area contributed by atoms with Gasteiger partial charge in [0, 0.05) is 10.9 Å². The van der Waals surface area contributed by atoms with Gasteiger partial charge in [0.1, 0.15) is 10.8 Å². The second kappa shape index (κ2) is 8.43. The number of carbonyl (C=O) groups excluding carboxylic acids is 1. The van der Waals surface area contributed by atoms with Crippen LogP contribution in [0.15, 0.2) is 23.6 Å². The zero-order valence-electron chi connectivity index (χ0n) is 12.0. The molecule has 2 N–H and O–H groups in total. The number of nitrogens with zero attached hydrogens (tertiary/aromatic N) is 1. The van der Waals surface area contributed by atoms with Gasteiger partial charge in [0.05, 0.1) is 23.3 Å². The highest BCUT2D eigenvalue weighted by Gasteiger charge is 2.14. The molecule has 0 aliphatic heterocycles. The second-order valence-corrected chi connectivity index (χ2v) is 5.82. The molecule has 0 aliphatic rings. The highest BCUT2D eigenvalue weighted by atomic mass is 35.5. The Bertz CT molecular complexity index is 651. The zero-order valence-corrected chi connectivity index (χ0v) is 14.4. The van der Waals surface area contributed by atoms with Gasteiger partial charge in [0.2, 0.25) is 5.91 Å². The van der Waals surface area contributed by atoms with Crippen LogP contribution >= 0.6 is 35.3 Å². The monoisotopic (exact) mass is 363 g/mol. The fourth-order valence-corrected chi connectivity index (χ4v) is 2.81. The fourth-order valence-electron chi connectivity index (χ4n) is 1.79. The molecular weight excluding hydrogens is 348 g/mol. The summed E-state index contributed by atoms with van der Waals surface area (Å²) in [5, 5.41) is 8.35. The topological polar surface area (TPSA) is 54.0 Å². The molecule has 0 spiro atoms. The molecule has 4 nitrogen and oxygen atoms in total. The van der Waals surface area contributed by atoms with Crippen molar-refractivity contribution in [2.75, 3.05) is 13.6 Å². The van der Waals surface area contributed by atoms with E-state index in [9.17, 15) is 9.18 Å². The van der Waals surface area contributed by atoms with Crippen molar-refractivity contribution in [2.24, 2.45) is 0 Å². The molecule has 0 saturated carbocycles. The van der Waals surface area contributed by atoms with Crippen LogP contribution in [0.25, 0.3) is 11.3 Å². The van der Waals surface area contributed by atoms with E-state index in [4.69, 9.17) is 11.6 Å². The predicted octanol–water partition coefficient (Wildman–Crippen LogP) is 3.42. The van der Waals surface area contributed by atoms with E-state index in [1.54, 1.807) is 19.2 Å². The van der Waals surface area contributed by atoms with E-state index in [1.165, 1.54) is 17.4 Å². The van der Waals surface area contributed by atoms with Crippen molar-refractivity contribution >= 4 is 41.3 Å². The molecule has 0 fully saturated rings. The number of benzene rings is 1. The number of amides is 1. The Morgan fingerprint density at radius 1 is 1.50 bits per heavy atom. The highest BCUT2D eigenvalue weighted by Crippen LogP contribution is 2.28. The van der Waals surface area contributed by atoms with Gasteiger partial charge in [-0.3, -0.25) is 4.79 Å². The Balaban J connectivity index is 0.00000242. The third-order valence-electron chi connectivity index (χ3n) is 2.82. The first-order valence-electron chi connectivity index (χ1n) is 6.36. The molecule has 1 atom stereocenters. The van der Waals surface area contributed by atoms with Gasteiger partial charge in [-0.1, -0.05) is 11.6 Å². The maximum atomic E-state index is 13.2. The number of likely N-dealkylation sites (N-methyl/N-ethyl adjacent to an activating group) is 1. The van der Waals surface area contributed by atoms with Crippen molar-refractivity contribution < 1.29 is 9.18 Å². The van der Waals surface area contributed by atoms with E-state index in [-0.39, 0.29) is 35.9 Å². The lowest BCUT2D eigenvalue weighted by Crippen LogP contribution is -2.33. The van der Waals surface area contributed by atoms with Crippen molar-refractivity contribution in [2.45, 2.75) is 13.0 Å². The Hall–Kier alpha value is -1.21. The molecule has 1 amide bonds. The molecule has 8 heteroatoms. The Labute approximate surface area is 143 Å². The molecule has 120 valence electrons. The summed E-state index contributed by atoms with van der Waals surface area (Å²) in [6.45, 7) is 2.13. The second-order valence-electron chi connectivity index (χ2n) is 4.52. The first-order valence-corrected chi connectivity index (χ1v) is 7.62. The molecule has 0 bridgehead atoms. The summed E-state index contributed by atoms with van der Waals surface area (Å²) >= 11 is 7.21. The van der Waals surface area contributed by atoms with E-state index >= 15 is 0 Å². The molecule has 0 saturated heterocycles. The van der Waals surface area contributed by atoms with Crippen molar-refractivity contribution in [3.63, 3.8) is 0 Å². The maximum Gasteiger partial charge on any atom is 0.234 e. The number of carbonyl (C=O) groups is 1. The van der Waals surface area contributed by atoms with Crippen LogP contribution in [0.3, 0.4) is 0 Å². The third-order valence-corrected chi connectivity index (χ3v) is 4.14. The van der Waals surface area contributed by atoms with Gasteiger partial charge in [-0.25, -0.2) is 9.37 Å². The Kier molecular flexibility index (Phi) is 7.22. The van der Waals surface area contributed by atoms with E-state index in [0.29, 0.717) is 5.69 Å². The normalized spacial score (nSPS) is 11.6. The zero-order chi connectivity index (χ0) is 15.4.